The monoisotopic (exact) mass is 382 g/mol. The lowest BCUT2D eigenvalue weighted by Crippen LogP contribution is -2.16. The maximum atomic E-state index is 13.8. The summed E-state index contributed by atoms with van der Waals surface area (Å²) in [6.45, 7) is 7.70. The van der Waals surface area contributed by atoms with Crippen molar-refractivity contribution in [3.63, 3.8) is 0 Å². The van der Waals surface area contributed by atoms with Gasteiger partial charge >= 0.3 is 0 Å². The zero-order valence-corrected chi connectivity index (χ0v) is 16.0. The van der Waals surface area contributed by atoms with Crippen LogP contribution in [-0.2, 0) is 0 Å². The van der Waals surface area contributed by atoms with Crippen molar-refractivity contribution in [1.82, 2.24) is 9.97 Å². The molecule has 0 fully saturated rings. The van der Waals surface area contributed by atoms with Crippen molar-refractivity contribution in [2.24, 2.45) is 0 Å². The van der Waals surface area contributed by atoms with E-state index in [4.69, 9.17) is 0 Å². The smallest absolute Gasteiger partial charge is 0.274 e. The van der Waals surface area contributed by atoms with E-state index in [-0.39, 0.29) is 17.3 Å². The number of nitrogens with zero attached hydrogens (tertiary/aromatic N) is 2. The highest BCUT2D eigenvalue weighted by Crippen LogP contribution is 2.25. The highest BCUT2D eigenvalue weighted by Gasteiger charge is 2.14. The molecule has 1 aromatic heterocycles. The number of hydrogen-bond donors (Lipinski definition) is 2. The SMILES string of the molecule is Cc1cc(C)c(Nc2nc(C)cc(C(=O)Nc3ccc(F)cc3F)n2)c(C)c1. The number of carbonyl (C=O) groups excluding carboxylic acids is 1. The van der Waals surface area contributed by atoms with Gasteiger partial charge in [0.2, 0.25) is 5.95 Å². The quantitative estimate of drug-likeness (QED) is 0.668. The van der Waals surface area contributed by atoms with Crippen LogP contribution in [0.2, 0.25) is 0 Å². The van der Waals surface area contributed by atoms with Crippen molar-refractivity contribution in [1.29, 1.82) is 0 Å². The van der Waals surface area contributed by atoms with Gasteiger partial charge in [-0.05, 0) is 57.0 Å². The molecule has 2 aromatic carbocycles. The summed E-state index contributed by atoms with van der Waals surface area (Å²) in [5, 5.41) is 5.56. The molecule has 7 heteroatoms. The van der Waals surface area contributed by atoms with E-state index in [0.29, 0.717) is 11.8 Å². The van der Waals surface area contributed by atoms with Gasteiger partial charge in [0.25, 0.3) is 5.91 Å². The third-order valence-corrected chi connectivity index (χ3v) is 4.18. The third kappa shape index (κ3) is 4.31. The Balaban J connectivity index is 1.88. The Labute approximate surface area is 161 Å². The second-order valence-corrected chi connectivity index (χ2v) is 6.70. The number of rotatable bonds is 4. The Morgan fingerprint density at radius 3 is 2.25 bits per heavy atom. The number of amides is 1. The molecule has 144 valence electrons. The first kappa shape index (κ1) is 19.4. The lowest BCUT2D eigenvalue weighted by atomic mass is 10.1. The summed E-state index contributed by atoms with van der Waals surface area (Å²) in [4.78, 5) is 21.1. The van der Waals surface area contributed by atoms with Crippen LogP contribution >= 0.6 is 0 Å². The van der Waals surface area contributed by atoms with Gasteiger partial charge in [0.15, 0.2) is 0 Å². The van der Waals surface area contributed by atoms with Gasteiger partial charge in [0.05, 0.1) is 5.69 Å². The molecule has 0 radical (unpaired) electrons. The summed E-state index contributed by atoms with van der Waals surface area (Å²) >= 11 is 0. The summed E-state index contributed by atoms with van der Waals surface area (Å²) in [5.74, 6) is -1.93. The Hall–Kier alpha value is -3.35. The number of anilines is 3. The molecule has 0 saturated heterocycles. The van der Waals surface area contributed by atoms with E-state index in [9.17, 15) is 13.6 Å². The molecule has 28 heavy (non-hydrogen) atoms. The Kier molecular flexibility index (Phi) is 5.35. The van der Waals surface area contributed by atoms with Crippen molar-refractivity contribution >= 4 is 23.2 Å². The van der Waals surface area contributed by atoms with Crippen LogP contribution < -0.4 is 10.6 Å². The minimum atomic E-state index is -0.858. The fourth-order valence-electron chi connectivity index (χ4n) is 3.01. The molecular weight excluding hydrogens is 362 g/mol. The number of carbonyl (C=O) groups is 1. The van der Waals surface area contributed by atoms with Gasteiger partial charge in [-0.1, -0.05) is 17.7 Å². The summed E-state index contributed by atoms with van der Waals surface area (Å²) in [6.07, 6.45) is 0. The first-order valence-electron chi connectivity index (χ1n) is 8.70. The fourth-order valence-corrected chi connectivity index (χ4v) is 3.01. The second-order valence-electron chi connectivity index (χ2n) is 6.70. The third-order valence-electron chi connectivity index (χ3n) is 4.18. The van der Waals surface area contributed by atoms with Crippen molar-refractivity contribution in [2.45, 2.75) is 27.7 Å². The molecule has 0 spiro atoms. The predicted octanol–water partition coefficient (Wildman–Crippen LogP) is 4.98. The molecule has 0 atom stereocenters. The Morgan fingerprint density at radius 1 is 0.929 bits per heavy atom. The van der Waals surface area contributed by atoms with Crippen LogP contribution in [0.1, 0.15) is 32.9 Å². The van der Waals surface area contributed by atoms with Gasteiger partial charge in [0.1, 0.15) is 17.3 Å². The maximum Gasteiger partial charge on any atom is 0.274 e. The highest BCUT2D eigenvalue weighted by atomic mass is 19.1. The fraction of sp³-hybridized carbons (Fsp3) is 0.190. The van der Waals surface area contributed by atoms with Gasteiger partial charge in [0, 0.05) is 17.4 Å². The predicted molar refractivity (Wildman–Crippen MR) is 105 cm³/mol. The second kappa shape index (κ2) is 7.72. The summed E-state index contributed by atoms with van der Waals surface area (Å²) in [7, 11) is 0. The van der Waals surface area contributed by atoms with Crippen LogP contribution in [-0.4, -0.2) is 15.9 Å². The maximum absolute atomic E-state index is 13.8. The minimum Gasteiger partial charge on any atom is -0.324 e. The van der Waals surface area contributed by atoms with Crippen LogP contribution in [0.3, 0.4) is 0 Å². The van der Waals surface area contributed by atoms with Gasteiger partial charge in [-0.2, -0.15) is 0 Å². The molecule has 0 aliphatic carbocycles. The zero-order chi connectivity index (χ0) is 20.4. The van der Waals surface area contributed by atoms with E-state index in [1.54, 1.807) is 6.92 Å². The molecule has 5 nitrogen and oxygen atoms in total. The molecule has 0 bridgehead atoms. The molecular formula is C21H20F2N4O. The number of hydrogen-bond acceptors (Lipinski definition) is 4. The molecule has 2 N–H and O–H groups in total. The first-order valence-corrected chi connectivity index (χ1v) is 8.70. The standard InChI is InChI=1S/C21H20F2N4O/c1-11-7-12(2)19(13(3)8-11)27-21-24-14(4)9-18(26-21)20(28)25-17-6-5-15(22)10-16(17)23/h5-10H,1-4H3,(H,25,28)(H,24,26,27). The molecule has 1 heterocycles. The summed E-state index contributed by atoms with van der Waals surface area (Å²) < 4.78 is 26.8. The zero-order valence-electron chi connectivity index (χ0n) is 16.0. The van der Waals surface area contributed by atoms with Gasteiger partial charge in [-0.3, -0.25) is 4.79 Å². The van der Waals surface area contributed by atoms with Crippen LogP contribution in [0.15, 0.2) is 36.4 Å². The van der Waals surface area contributed by atoms with E-state index >= 15 is 0 Å². The van der Waals surface area contributed by atoms with Crippen LogP contribution in [0.5, 0.6) is 0 Å². The Bertz CT molecular complexity index is 1040. The number of benzene rings is 2. The van der Waals surface area contributed by atoms with E-state index in [2.05, 4.69) is 20.6 Å². The molecule has 0 aliphatic heterocycles. The largest absolute Gasteiger partial charge is 0.324 e. The van der Waals surface area contributed by atoms with E-state index in [0.717, 1.165) is 34.5 Å². The lowest BCUT2D eigenvalue weighted by Gasteiger charge is -2.14. The van der Waals surface area contributed by atoms with Gasteiger partial charge in [-0.25, -0.2) is 18.7 Å². The van der Waals surface area contributed by atoms with Crippen LogP contribution in [0.25, 0.3) is 0 Å². The number of halogens is 2. The summed E-state index contributed by atoms with van der Waals surface area (Å²) in [5.41, 5.74) is 4.59. The topological polar surface area (TPSA) is 66.9 Å². The van der Waals surface area contributed by atoms with Crippen molar-refractivity contribution in [3.8, 4) is 0 Å². The molecule has 3 rings (SSSR count). The van der Waals surface area contributed by atoms with Crippen molar-refractivity contribution < 1.29 is 13.6 Å². The van der Waals surface area contributed by atoms with Gasteiger partial charge in [-0.15, -0.1) is 0 Å². The highest BCUT2D eigenvalue weighted by molar-refractivity contribution is 6.03. The van der Waals surface area contributed by atoms with E-state index in [1.165, 1.54) is 6.07 Å². The molecule has 0 unspecified atom stereocenters. The molecule has 0 aliphatic rings. The van der Waals surface area contributed by atoms with Gasteiger partial charge < -0.3 is 10.6 Å². The number of aryl methyl sites for hydroxylation is 4. The van der Waals surface area contributed by atoms with E-state index in [1.807, 2.05) is 32.9 Å². The Morgan fingerprint density at radius 2 is 1.61 bits per heavy atom. The average molecular weight is 382 g/mol. The van der Waals surface area contributed by atoms with Crippen molar-refractivity contribution in [3.05, 3.63) is 76.1 Å². The lowest BCUT2D eigenvalue weighted by molar-refractivity contribution is 0.102. The number of aromatic nitrogens is 2. The van der Waals surface area contributed by atoms with Crippen LogP contribution in [0, 0.1) is 39.3 Å². The average Bonchev–Trinajstić information content (AvgIpc) is 2.60. The molecule has 0 saturated carbocycles. The van der Waals surface area contributed by atoms with Crippen molar-refractivity contribution in [2.75, 3.05) is 10.6 Å². The first-order chi connectivity index (χ1) is 13.2. The summed E-state index contributed by atoms with van der Waals surface area (Å²) in [6, 6.07) is 8.51. The molecule has 3 aromatic rings. The van der Waals surface area contributed by atoms with E-state index < -0.39 is 17.5 Å². The van der Waals surface area contributed by atoms with Crippen LogP contribution in [0.4, 0.5) is 26.1 Å². The normalized spacial score (nSPS) is 10.6. The number of nitrogens with one attached hydrogen (secondary N) is 2. The minimum absolute atomic E-state index is 0.0705. The molecule has 1 amide bonds.